The van der Waals surface area contributed by atoms with Crippen molar-refractivity contribution in [3.05, 3.63) is 78.9 Å². The van der Waals surface area contributed by atoms with Crippen molar-refractivity contribution in [3.8, 4) is 5.69 Å². The largest absolute Gasteiger partial charge is 0.325 e. The summed E-state index contributed by atoms with van der Waals surface area (Å²) in [4.78, 5) is 20.1. The fourth-order valence-electron chi connectivity index (χ4n) is 2.78. The van der Waals surface area contributed by atoms with E-state index in [-0.39, 0.29) is 22.5 Å². The first-order valence-electron chi connectivity index (χ1n) is 9.70. The van der Waals surface area contributed by atoms with E-state index >= 15 is 0 Å². The van der Waals surface area contributed by atoms with E-state index in [9.17, 15) is 13.2 Å². The molecule has 0 saturated carbocycles. The van der Waals surface area contributed by atoms with Crippen molar-refractivity contribution in [2.45, 2.75) is 17.0 Å². The number of rotatable bonds is 8. The van der Waals surface area contributed by atoms with Crippen molar-refractivity contribution >= 4 is 39.3 Å². The highest BCUT2D eigenvalue weighted by atomic mass is 32.2. The van der Waals surface area contributed by atoms with Crippen LogP contribution in [0.15, 0.2) is 83.4 Å². The number of aryl methyl sites for hydroxylation is 1. The Hall–Kier alpha value is -3.77. The molecule has 2 aromatic heterocycles. The Morgan fingerprint density at radius 3 is 2.42 bits per heavy atom. The van der Waals surface area contributed by atoms with Gasteiger partial charge in [-0.15, -0.1) is 10.2 Å². The van der Waals surface area contributed by atoms with Crippen molar-refractivity contribution < 1.29 is 13.2 Å². The number of amides is 1. The summed E-state index contributed by atoms with van der Waals surface area (Å²) in [6.45, 7) is 2.01. The van der Waals surface area contributed by atoms with Crippen molar-refractivity contribution in [1.29, 1.82) is 0 Å². The van der Waals surface area contributed by atoms with Gasteiger partial charge in [-0.3, -0.25) is 9.36 Å². The van der Waals surface area contributed by atoms with E-state index in [2.05, 4.69) is 30.2 Å². The summed E-state index contributed by atoms with van der Waals surface area (Å²) in [7, 11) is -3.84. The zero-order valence-corrected chi connectivity index (χ0v) is 19.0. The number of anilines is 2. The molecule has 0 aliphatic rings. The lowest BCUT2D eigenvalue weighted by Gasteiger charge is -2.09. The fraction of sp³-hybridized carbons (Fsp3) is 0.0952. The second-order valence-electron chi connectivity index (χ2n) is 6.86. The van der Waals surface area contributed by atoms with Crippen molar-refractivity contribution in [2.75, 3.05) is 15.8 Å². The molecule has 0 aliphatic carbocycles. The third-order valence-corrected chi connectivity index (χ3v) is 6.69. The fourth-order valence-corrected chi connectivity index (χ4v) is 4.47. The molecule has 2 heterocycles. The molecule has 0 radical (unpaired) electrons. The van der Waals surface area contributed by atoms with Crippen LogP contribution in [0.25, 0.3) is 5.69 Å². The van der Waals surface area contributed by atoms with Gasteiger partial charge in [-0.2, -0.15) is 0 Å². The third-order valence-electron chi connectivity index (χ3n) is 4.40. The maximum absolute atomic E-state index is 12.4. The topological polar surface area (TPSA) is 132 Å². The van der Waals surface area contributed by atoms with Crippen LogP contribution in [0.5, 0.6) is 0 Å². The molecule has 0 bridgehead atoms. The highest BCUT2D eigenvalue weighted by molar-refractivity contribution is 7.99. The smallest absolute Gasteiger partial charge is 0.264 e. The molecule has 4 aromatic rings. The lowest BCUT2D eigenvalue weighted by atomic mass is 10.2. The Morgan fingerprint density at radius 2 is 1.73 bits per heavy atom. The zero-order chi connectivity index (χ0) is 23.3. The first-order valence-corrected chi connectivity index (χ1v) is 12.2. The highest BCUT2D eigenvalue weighted by Crippen LogP contribution is 2.21. The maximum atomic E-state index is 12.4. The van der Waals surface area contributed by atoms with Gasteiger partial charge in [0.25, 0.3) is 10.0 Å². The van der Waals surface area contributed by atoms with Crippen LogP contribution in [0.4, 0.5) is 11.6 Å². The van der Waals surface area contributed by atoms with Crippen LogP contribution in [0.2, 0.25) is 0 Å². The van der Waals surface area contributed by atoms with Crippen LogP contribution in [0, 0.1) is 6.92 Å². The second-order valence-corrected chi connectivity index (χ2v) is 9.48. The van der Waals surface area contributed by atoms with E-state index in [4.69, 9.17) is 0 Å². The normalized spacial score (nSPS) is 11.2. The minimum absolute atomic E-state index is 0.0218. The summed E-state index contributed by atoms with van der Waals surface area (Å²) in [5.41, 5.74) is 2.51. The van der Waals surface area contributed by atoms with E-state index in [1.807, 2.05) is 31.2 Å². The molecular formula is C21H19N7O3S2. The SMILES string of the molecule is Cc1ccc(-n2cnnc2SCC(=O)Nc2ccc(S(=O)(=O)Nc3ncccn3)cc2)cc1. The molecule has 2 N–H and O–H groups in total. The molecular weight excluding hydrogens is 462 g/mol. The molecule has 33 heavy (non-hydrogen) atoms. The Balaban J connectivity index is 1.35. The van der Waals surface area contributed by atoms with Crippen molar-refractivity contribution in [3.63, 3.8) is 0 Å². The molecule has 2 aromatic carbocycles. The Kier molecular flexibility index (Phi) is 6.66. The molecule has 4 rings (SSSR count). The minimum Gasteiger partial charge on any atom is -0.325 e. The Labute approximate surface area is 194 Å². The summed E-state index contributed by atoms with van der Waals surface area (Å²) in [6, 6.07) is 15.3. The van der Waals surface area contributed by atoms with Gasteiger partial charge in [-0.1, -0.05) is 29.5 Å². The third kappa shape index (κ3) is 5.73. The van der Waals surface area contributed by atoms with E-state index in [0.717, 1.165) is 11.3 Å². The number of aromatic nitrogens is 5. The van der Waals surface area contributed by atoms with Crippen LogP contribution in [0.1, 0.15) is 5.56 Å². The number of thioether (sulfide) groups is 1. The monoisotopic (exact) mass is 481 g/mol. The first-order chi connectivity index (χ1) is 15.9. The van der Waals surface area contributed by atoms with Gasteiger partial charge in [0.1, 0.15) is 6.33 Å². The van der Waals surface area contributed by atoms with Crippen molar-refractivity contribution in [1.82, 2.24) is 24.7 Å². The number of hydrogen-bond acceptors (Lipinski definition) is 8. The average Bonchev–Trinajstić information content (AvgIpc) is 3.28. The van der Waals surface area contributed by atoms with Gasteiger partial charge >= 0.3 is 0 Å². The van der Waals surface area contributed by atoms with Crippen LogP contribution >= 0.6 is 11.8 Å². The van der Waals surface area contributed by atoms with Gasteiger partial charge in [0, 0.05) is 23.8 Å². The quantitative estimate of drug-likeness (QED) is 0.367. The number of nitrogens with one attached hydrogen (secondary N) is 2. The summed E-state index contributed by atoms with van der Waals surface area (Å²) in [6.07, 6.45) is 4.47. The Morgan fingerprint density at radius 1 is 1.03 bits per heavy atom. The van der Waals surface area contributed by atoms with Crippen LogP contribution in [-0.2, 0) is 14.8 Å². The predicted octanol–water partition coefficient (Wildman–Crippen LogP) is 2.90. The standard InChI is InChI=1S/C21H19N7O3S2/c1-15-3-7-17(8-4-15)28-14-24-26-21(28)32-13-19(29)25-16-5-9-18(10-6-16)33(30,31)27-20-22-11-2-12-23-20/h2-12,14H,13H2,1H3,(H,25,29)(H,22,23,27). The highest BCUT2D eigenvalue weighted by Gasteiger charge is 2.16. The summed E-state index contributed by atoms with van der Waals surface area (Å²) in [5, 5.41) is 11.3. The van der Waals surface area contributed by atoms with Gasteiger partial charge in [0.2, 0.25) is 11.9 Å². The molecule has 1 amide bonds. The Bertz CT molecular complexity index is 1340. The number of nitrogens with zero attached hydrogens (tertiary/aromatic N) is 5. The lowest BCUT2D eigenvalue weighted by Crippen LogP contribution is -2.16. The molecule has 168 valence electrons. The second kappa shape index (κ2) is 9.79. The van der Waals surface area contributed by atoms with Crippen molar-refractivity contribution in [2.24, 2.45) is 0 Å². The maximum Gasteiger partial charge on any atom is 0.264 e. The number of sulfonamides is 1. The molecule has 0 unspecified atom stereocenters. The van der Waals surface area contributed by atoms with E-state index in [1.165, 1.54) is 48.4 Å². The van der Waals surface area contributed by atoms with E-state index in [0.29, 0.717) is 10.8 Å². The van der Waals surface area contributed by atoms with E-state index in [1.54, 1.807) is 17.0 Å². The van der Waals surface area contributed by atoms with Gasteiger partial charge in [0.15, 0.2) is 5.16 Å². The molecule has 0 saturated heterocycles. The molecule has 10 nitrogen and oxygen atoms in total. The molecule has 12 heteroatoms. The zero-order valence-electron chi connectivity index (χ0n) is 17.4. The first kappa shape index (κ1) is 22.4. The van der Waals surface area contributed by atoms with Gasteiger partial charge in [-0.25, -0.2) is 23.1 Å². The minimum atomic E-state index is -3.84. The van der Waals surface area contributed by atoms with Crippen LogP contribution in [-0.4, -0.2) is 44.8 Å². The number of carbonyl (C=O) groups is 1. The molecule has 0 spiro atoms. The summed E-state index contributed by atoms with van der Waals surface area (Å²) in [5.74, 6) is -0.174. The molecule has 0 atom stereocenters. The van der Waals surface area contributed by atoms with Gasteiger partial charge in [0.05, 0.1) is 10.6 Å². The van der Waals surface area contributed by atoms with Crippen LogP contribution in [0.3, 0.4) is 0 Å². The summed E-state index contributed by atoms with van der Waals surface area (Å²) < 4.78 is 29.0. The lowest BCUT2D eigenvalue weighted by molar-refractivity contribution is -0.113. The van der Waals surface area contributed by atoms with E-state index < -0.39 is 10.0 Å². The van der Waals surface area contributed by atoms with Gasteiger partial charge in [-0.05, 0) is 49.4 Å². The number of benzene rings is 2. The molecule has 0 aliphatic heterocycles. The predicted molar refractivity (Wildman–Crippen MR) is 125 cm³/mol. The van der Waals surface area contributed by atoms with Crippen LogP contribution < -0.4 is 10.0 Å². The number of carbonyl (C=O) groups excluding carboxylic acids is 1. The molecule has 0 fully saturated rings. The van der Waals surface area contributed by atoms with Gasteiger partial charge < -0.3 is 5.32 Å². The number of hydrogen-bond donors (Lipinski definition) is 2. The summed E-state index contributed by atoms with van der Waals surface area (Å²) >= 11 is 1.25. The average molecular weight is 482 g/mol.